The molecule has 0 aliphatic carbocycles. The van der Waals surface area contributed by atoms with E-state index in [1.165, 1.54) is 30.5 Å². The van der Waals surface area contributed by atoms with Crippen molar-refractivity contribution in [1.29, 1.82) is 0 Å². The summed E-state index contributed by atoms with van der Waals surface area (Å²) in [5.41, 5.74) is 3.01. The summed E-state index contributed by atoms with van der Waals surface area (Å²) >= 11 is 6.04. The molecule has 2 aromatic rings. The van der Waals surface area contributed by atoms with Crippen LogP contribution in [0.4, 0.5) is 10.1 Å². The number of ether oxygens (including phenoxy) is 1. The van der Waals surface area contributed by atoms with Gasteiger partial charge in [-0.3, -0.25) is 9.59 Å². The van der Waals surface area contributed by atoms with Gasteiger partial charge in [-0.25, -0.2) is 9.82 Å². The highest BCUT2D eigenvalue weighted by atomic mass is 35.5. The van der Waals surface area contributed by atoms with Crippen molar-refractivity contribution in [2.24, 2.45) is 5.10 Å². The van der Waals surface area contributed by atoms with Crippen molar-refractivity contribution >= 4 is 35.3 Å². The Morgan fingerprint density at radius 2 is 1.92 bits per heavy atom. The number of halogens is 2. The summed E-state index contributed by atoms with van der Waals surface area (Å²) in [6, 6.07) is 10.0. The minimum Gasteiger partial charge on any atom is -0.492 e. The van der Waals surface area contributed by atoms with Gasteiger partial charge in [-0.1, -0.05) is 11.6 Å². The Labute approximate surface area is 148 Å². The number of carbonyl (C=O) groups excluding carboxylic acids is 2. The smallest absolute Gasteiger partial charge is 0.329 e. The van der Waals surface area contributed by atoms with Crippen LogP contribution in [0.5, 0.6) is 5.75 Å². The zero-order valence-corrected chi connectivity index (χ0v) is 14.0. The van der Waals surface area contributed by atoms with Gasteiger partial charge in [0.25, 0.3) is 0 Å². The van der Waals surface area contributed by atoms with Crippen LogP contribution in [0.1, 0.15) is 12.5 Å². The number of hydrogen-bond acceptors (Lipinski definition) is 4. The molecule has 0 saturated carbocycles. The predicted molar refractivity (Wildman–Crippen MR) is 93.4 cm³/mol. The summed E-state index contributed by atoms with van der Waals surface area (Å²) < 4.78 is 18.1. The first-order chi connectivity index (χ1) is 12.0. The summed E-state index contributed by atoms with van der Waals surface area (Å²) in [5, 5.41) is 6.42. The number of amides is 2. The zero-order valence-electron chi connectivity index (χ0n) is 13.3. The second-order valence-corrected chi connectivity index (χ2v) is 5.19. The Morgan fingerprint density at radius 3 is 2.56 bits per heavy atom. The minimum absolute atomic E-state index is 0.295. The maximum atomic E-state index is 12.8. The lowest BCUT2D eigenvalue weighted by atomic mass is 10.2. The summed E-state index contributed by atoms with van der Waals surface area (Å²) in [7, 11) is 0. The highest BCUT2D eigenvalue weighted by molar-refractivity contribution is 6.39. The molecule has 0 saturated heterocycles. The van der Waals surface area contributed by atoms with Gasteiger partial charge in [-0.05, 0) is 55.0 Å². The normalized spacial score (nSPS) is 10.5. The molecule has 0 aliphatic heterocycles. The molecule has 6 nitrogen and oxygen atoms in total. The number of hydrazone groups is 1. The van der Waals surface area contributed by atoms with Crippen molar-refractivity contribution in [1.82, 2.24) is 5.43 Å². The Hall–Kier alpha value is -2.93. The first-order valence-electron chi connectivity index (χ1n) is 7.32. The lowest BCUT2D eigenvalue weighted by Gasteiger charge is -2.05. The molecule has 0 heterocycles. The molecule has 2 amide bonds. The van der Waals surface area contributed by atoms with Gasteiger partial charge in [-0.2, -0.15) is 5.10 Å². The lowest BCUT2D eigenvalue weighted by Crippen LogP contribution is -2.32. The fraction of sp³-hybridized carbons (Fsp3) is 0.118. The Morgan fingerprint density at radius 1 is 1.20 bits per heavy atom. The van der Waals surface area contributed by atoms with Crippen LogP contribution >= 0.6 is 11.6 Å². The van der Waals surface area contributed by atoms with Gasteiger partial charge in [0.2, 0.25) is 0 Å². The maximum Gasteiger partial charge on any atom is 0.329 e. The van der Waals surface area contributed by atoms with Gasteiger partial charge in [0.1, 0.15) is 11.6 Å². The Bertz CT molecular complexity index is 794. The number of hydrogen-bond donors (Lipinski definition) is 2. The van der Waals surface area contributed by atoms with Crippen LogP contribution in [-0.4, -0.2) is 24.6 Å². The molecule has 0 aromatic heterocycles. The molecule has 0 fully saturated rings. The zero-order chi connectivity index (χ0) is 18.2. The summed E-state index contributed by atoms with van der Waals surface area (Å²) in [6.45, 7) is 2.34. The molecule has 130 valence electrons. The number of benzene rings is 2. The average molecular weight is 364 g/mol. The van der Waals surface area contributed by atoms with Crippen LogP contribution in [-0.2, 0) is 9.59 Å². The van der Waals surface area contributed by atoms with Crippen molar-refractivity contribution in [3.8, 4) is 5.75 Å². The van der Waals surface area contributed by atoms with Crippen molar-refractivity contribution in [2.45, 2.75) is 6.92 Å². The van der Waals surface area contributed by atoms with E-state index in [-0.39, 0.29) is 0 Å². The quantitative estimate of drug-likeness (QED) is 0.487. The van der Waals surface area contributed by atoms with Crippen LogP contribution in [0.2, 0.25) is 5.02 Å². The van der Waals surface area contributed by atoms with Gasteiger partial charge in [0.05, 0.1) is 17.8 Å². The standard InChI is InChI=1S/C17H15ClFN3O3/c1-2-25-15-8-3-11(9-14(15)18)10-20-22-17(24)16(23)21-13-6-4-12(19)5-7-13/h3-10H,2H2,1H3,(H,21,23)(H,22,24)/b20-10-. The molecule has 2 rings (SSSR count). The van der Waals surface area contributed by atoms with Crippen molar-refractivity contribution in [3.63, 3.8) is 0 Å². The first-order valence-corrected chi connectivity index (χ1v) is 7.69. The predicted octanol–water partition coefficient (Wildman–Crippen LogP) is 2.97. The second-order valence-electron chi connectivity index (χ2n) is 4.78. The number of rotatable bonds is 5. The van der Waals surface area contributed by atoms with E-state index in [2.05, 4.69) is 15.8 Å². The monoisotopic (exact) mass is 363 g/mol. The second kappa shape index (κ2) is 8.79. The summed E-state index contributed by atoms with van der Waals surface area (Å²) in [5.74, 6) is -1.78. The lowest BCUT2D eigenvalue weighted by molar-refractivity contribution is -0.136. The Balaban J connectivity index is 1.90. The van der Waals surface area contributed by atoms with Crippen molar-refractivity contribution in [2.75, 3.05) is 11.9 Å². The molecule has 0 radical (unpaired) electrons. The average Bonchev–Trinajstić information content (AvgIpc) is 2.59. The van der Waals surface area contributed by atoms with E-state index in [4.69, 9.17) is 16.3 Å². The van der Waals surface area contributed by atoms with Crippen LogP contribution < -0.4 is 15.5 Å². The Kier molecular flexibility index (Phi) is 6.47. The van der Waals surface area contributed by atoms with Crippen LogP contribution in [0.25, 0.3) is 0 Å². The molecule has 0 aliphatic rings. The van der Waals surface area contributed by atoms with Gasteiger partial charge in [0.15, 0.2) is 0 Å². The first kappa shape index (κ1) is 18.4. The van der Waals surface area contributed by atoms with E-state index in [1.807, 2.05) is 6.92 Å². The molecule has 8 heteroatoms. The fourth-order valence-corrected chi connectivity index (χ4v) is 2.05. The van der Waals surface area contributed by atoms with Crippen LogP contribution in [0, 0.1) is 5.82 Å². The molecule has 0 atom stereocenters. The third-order valence-corrected chi connectivity index (χ3v) is 3.24. The molecule has 0 bridgehead atoms. The van der Waals surface area contributed by atoms with E-state index in [0.717, 1.165) is 0 Å². The minimum atomic E-state index is -0.961. The number of anilines is 1. The highest BCUT2D eigenvalue weighted by Gasteiger charge is 2.12. The highest BCUT2D eigenvalue weighted by Crippen LogP contribution is 2.24. The largest absolute Gasteiger partial charge is 0.492 e. The topological polar surface area (TPSA) is 79.8 Å². The van der Waals surface area contributed by atoms with Crippen LogP contribution in [0.15, 0.2) is 47.6 Å². The number of nitrogens with zero attached hydrogens (tertiary/aromatic N) is 1. The van der Waals surface area contributed by atoms with Crippen molar-refractivity contribution in [3.05, 3.63) is 58.9 Å². The molecule has 0 spiro atoms. The fourth-order valence-electron chi connectivity index (χ4n) is 1.81. The molecule has 25 heavy (non-hydrogen) atoms. The van der Waals surface area contributed by atoms with Gasteiger partial charge in [0, 0.05) is 5.69 Å². The maximum absolute atomic E-state index is 12.8. The van der Waals surface area contributed by atoms with E-state index >= 15 is 0 Å². The SMILES string of the molecule is CCOc1ccc(/C=N\NC(=O)C(=O)Nc2ccc(F)cc2)cc1Cl. The van der Waals surface area contributed by atoms with Gasteiger partial charge in [-0.15, -0.1) is 0 Å². The molecule has 0 unspecified atom stereocenters. The van der Waals surface area contributed by atoms with Crippen molar-refractivity contribution < 1.29 is 18.7 Å². The molecular formula is C17H15ClFN3O3. The van der Waals surface area contributed by atoms with Crippen LogP contribution in [0.3, 0.4) is 0 Å². The molecule has 2 aromatic carbocycles. The van der Waals surface area contributed by atoms with E-state index in [9.17, 15) is 14.0 Å². The number of nitrogens with one attached hydrogen (secondary N) is 2. The summed E-state index contributed by atoms with van der Waals surface area (Å²) in [4.78, 5) is 23.3. The summed E-state index contributed by atoms with van der Waals surface area (Å²) in [6.07, 6.45) is 1.34. The third-order valence-electron chi connectivity index (χ3n) is 2.94. The third kappa shape index (κ3) is 5.58. The van der Waals surface area contributed by atoms with E-state index in [0.29, 0.717) is 28.6 Å². The number of carbonyl (C=O) groups is 2. The van der Waals surface area contributed by atoms with E-state index in [1.54, 1.807) is 18.2 Å². The molecular weight excluding hydrogens is 349 g/mol. The van der Waals surface area contributed by atoms with Gasteiger partial charge >= 0.3 is 11.8 Å². The molecule has 2 N–H and O–H groups in total. The van der Waals surface area contributed by atoms with Gasteiger partial charge < -0.3 is 10.1 Å². The van der Waals surface area contributed by atoms with E-state index < -0.39 is 17.6 Å².